The molecule has 0 unspecified atom stereocenters. The van der Waals surface area contributed by atoms with Crippen molar-refractivity contribution in [3.8, 4) is 0 Å². The number of alkyl carbamates (subject to hydrolysis) is 1. The monoisotopic (exact) mass is 455 g/mol. The van der Waals surface area contributed by atoms with E-state index in [0.717, 1.165) is 0 Å². The lowest BCUT2D eigenvalue weighted by Crippen LogP contribution is -2.49. The zero-order valence-electron chi connectivity index (χ0n) is 19.3. The first kappa shape index (κ1) is 25.6. The minimum Gasteiger partial charge on any atom is -0.458 e. The summed E-state index contributed by atoms with van der Waals surface area (Å²) in [5.74, 6) is -0.937. The van der Waals surface area contributed by atoms with Gasteiger partial charge in [0, 0.05) is 18.2 Å². The lowest BCUT2D eigenvalue weighted by molar-refractivity contribution is -0.157. The zero-order chi connectivity index (χ0) is 24.2. The highest BCUT2D eigenvalue weighted by molar-refractivity contribution is 5.82. The van der Waals surface area contributed by atoms with Gasteiger partial charge in [0.15, 0.2) is 0 Å². The molecule has 32 heavy (non-hydrogen) atoms. The highest BCUT2D eigenvalue weighted by atomic mass is 16.6. The van der Waals surface area contributed by atoms with Crippen LogP contribution in [0.25, 0.3) is 0 Å². The average molecular weight is 456 g/mol. The second-order valence-electron chi connectivity index (χ2n) is 9.01. The molecule has 0 saturated carbocycles. The molecule has 1 amide bonds. The van der Waals surface area contributed by atoms with Crippen molar-refractivity contribution in [3.05, 3.63) is 32.6 Å². The smallest absolute Gasteiger partial charge is 0.408 e. The Morgan fingerprint density at radius 3 is 2.59 bits per heavy atom. The first-order valence-electron chi connectivity index (χ1n) is 10.6. The van der Waals surface area contributed by atoms with Gasteiger partial charge in [-0.25, -0.2) is 14.4 Å². The number of aryl methyl sites for hydroxylation is 1. The van der Waals surface area contributed by atoms with Crippen molar-refractivity contribution in [3.63, 3.8) is 0 Å². The molecule has 0 bridgehead atoms. The number of hydrogen-bond donors (Lipinski definition) is 3. The Labute approximate surface area is 186 Å². The molecule has 0 aliphatic carbocycles. The quantitative estimate of drug-likeness (QED) is 0.515. The van der Waals surface area contributed by atoms with E-state index in [-0.39, 0.29) is 12.3 Å². The molecule has 1 saturated heterocycles. The van der Waals surface area contributed by atoms with Crippen molar-refractivity contribution in [1.29, 1.82) is 0 Å². The maximum absolute atomic E-state index is 12.9. The SMILES string of the molecule is CC[C@H](C)[C@H](NC(=O)OC(C)(C)C)C(=O)O[C@H]1C[C@H](n2cc(C)c(=O)[nH]c2=O)O[C@@H]1CO. The maximum Gasteiger partial charge on any atom is 0.408 e. The van der Waals surface area contributed by atoms with E-state index in [4.69, 9.17) is 14.2 Å². The van der Waals surface area contributed by atoms with Crippen LogP contribution in [0, 0.1) is 12.8 Å². The number of aromatic nitrogens is 2. The predicted molar refractivity (Wildman–Crippen MR) is 114 cm³/mol. The summed E-state index contributed by atoms with van der Waals surface area (Å²) in [5, 5.41) is 12.3. The fourth-order valence-electron chi connectivity index (χ4n) is 3.29. The van der Waals surface area contributed by atoms with Crippen LogP contribution in [0.2, 0.25) is 0 Å². The van der Waals surface area contributed by atoms with E-state index in [2.05, 4.69) is 10.3 Å². The second kappa shape index (κ2) is 10.3. The van der Waals surface area contributed by atoms with E-state index in [9.17, 15) is 24.3 Å². The number of aliphatic hydroxyl groups excluding tert-OH is 1. The number of carbonyl (C=O) groups excluding carboxylic acids is 2. The molecule has 3 N–H and O–H groups in total. The molecule has 0 radical (unpaired) electrons. The molecule has 5 atom stereocenters. The van der Waals surface area contributed by atoms with Crippen LogP contribution in [0.3, 0.4) is 0 Å². The molecule has 0 spiro atoms. The summed E-state index contributed by atoms with van der Waals surface area (Å²) in [5.41, 5.74) is -1.59. The Bertz CT molecular complexity index is 932. The predicted octanol–water partition coefficient (Wildman–Crippen LogP) is 0.976. The zero-order valence-corrected chi connectivity index (χ0v) is 19.3. The molecule has 2 rings (SSSR count). The van der Waals surface area contributed by atoms with E-state index < -0.39 is 60.0 Å². The van der Waals surface area contributed by atoms with Crippen LogP contribution in [-0.2, 0) is 19.0 Å². The molecule has 11 heteroatoms. The van der Waals surface area contributed by atoms with E-state index in [0.29, 0.717) is 12.0 Å². The number of hydrogen-bond acceptors (Lipinski definition) is 8. The van der Waals surface area contributed by atoms with E-state index >= 15 is 0 Å². The van der Waals surface area contributed by atoms with Crippen molar-refractivity contribution < 1.29 is 28.9 Å². The van der Waals surface area contributed by atoms with Crippen LogP contribution < -0.4 is 16.6 Å². The summed E-state index contributed by atoms with van der Waals surface area (Å²) in [6.07, 6.45) is -1.28. The Kier molecular flexibility index (Phi) is 8.24. The van der Waals surface area contributed by atoms with Gasteiger partial charge in [0.1, 0.15) is 30.1 Å². The molecular weight excluding hydrogens is 422 g/mol. The number of nitrogens with zero attached hydrogens (tertiary/aromatic N) is 1. The molecule has 1 aliphatic rings. The maximum atomic E-state index is 12.9. The van der Waals surface area contributed by atoms with Gasteiger partial charge in [-0.1, -0.05) is 20.3 Å². The minimum absolute atomic E-state index is 0.0853. The molecule has 2 heterocycles. The second-order valence-corrected chi connectivity index (χ2v) is 9.01. The largest absolute Gasteiger partial charge is 0.458 e. The summed E-state index contributed by atoms with van der Waals surface area (Å²) < 4.78 is 17.7. The normalized spacial score (nSPS) is 22.8. The summed E-state index contributed by atoms with van der Waals surface area (Å²) in [4.78, 5) is 51.1. The number of amides is 1. The molecule has 0 aromatic carbocycles. The molecule has 1 fully saturated rings. The van der Waals surface area contributed by atoms with Gasteiger partial charge < -0.3 is 24.6 Å². The van der Waals surface area contributed by atoms with Gasteiger partial charge in [0.2, 0.25) is 0 Å². The van der Waals surface area contributed by atoms with E-state index in [1.807, 2.05) is 6.92 Å². The molecule has 1 aliphatic heterocycles. The molecule has 180 valence electrons. The van der Waals surface area contributed by atoms with Gasteiger partial charge in [-0.2, -0.15) is 0 Å². The van der Waals surface area contributed by atoms with Crippen molar-refractivity contribution in [2.75, 3.05) is 6.61 Å². The standard InChI is InChI=1S/C21H33N3O8/c1-7-11(2)16(22-20(29)32-21(4,5)6)18(27)31-13-8-15(30-14(13)10-25)24-9-12(3)17(26)23-19(24)28/h9,11,13-16,25H,7-8,10H2,1-6H3,(H,22,29)(H,23,26,28)/t11-,13-,14+,15+,16-/m0/s1. The molecule has 11 nitrogen and oxygen atoms in total. The first-order chi connectivity index (χ1) is 14.9. The van der Waals surface area contributed by atoms with Gasteiger partial charge in [-0.3, -0.25) is 14.3 Å². The van der Waals surface area contributed by atoms with E-state index in [1.54, 1.807) is 34.6 Å². The third-order valence-corrected chi connectivity index (χ3v) is 5.22. The fourth-order valence-corrected chi connectivity index (χ4v) is 3.29. The number of aliphatic hydroxyl groups is 1. The number of nitrogens with one attached hydrogen (secondary N) is 2. The third kappa shape index (κ3) is 6.42. The number of rotatable bonds is 7. The lowest BCUT2D eigenvalue weighted by Gasteiger charge is -2.27. The first-order valence-corrected chi connectivity index (χ1v) is 10.6. The highest BCUT2D eigenvalue weighted by Gasteiger charge is 2.41. The van der Waals surface area contributed by atoms with Crippen molar-refractivity contribution in [2.45, 2.75) is 84.5 Å². The molecule has 1 aromatic rings. The van der Waals surface area contributed by atoms with Gasteiger partial charge in [-0.05, 0) is 33.6 Å². The number of aromatic amines is 1. The number of H-pyrrole nitrogens is 1. The summed E-state index contributed by atoms with van der Waals surface area (Å²) in [6, 6.07) is -0.966. The summed E-state index contributed by atoms with van der Waals surface area (Å²) in [6.45, 7) is 9.91. The third-order valence-electron chi connectivity index (χ3n) is 5.22. The van der Waals surface area contributed by atoms with Crippen LogP contribution in [0.15, 0.2) is 15.8 Å². The Morgan fingerprint density at radius 2 is 2.03 bits per heavy atom. The van der Waals surface area contributed by atoms with Crippen LogP contribution >= 0.6 is 0 Å². The van der Waals surface area contributed by atoms with Gasteiger partial charge in [0.25, 0.3) is 5.56 Å². The van der Waals surface area contributed by atoms with E-state index in [1.165, 1.54) is 10.8 Å². The lowest BCUT2D eigenvalue weighted by atomic mass is 9.99. The fraction of sp³-hybridized carbons (Fsp3) is 0.714. The van der Waals surface area contributed by atoms with Crippen LogP contribution in [0.1, 0.15) is 59.3 Å². The topological polar surface area (TPSA) is 149 Å². The Balaban J connectivity index is 2.16. The molecular formula is C21H33N3O8. The van der Waals surface area contributed by atoms with Crippen LogP contribution in [0.5, 0.6) is 0 Å². The van der Waals surface area contributed by atoms with Gasteiger partial charge in [-0.15, -0.1) is 0 Å². The summed E-state index contributed by atoms with van der Waals surface area (Å²) in [7, 11) is 0. The highest BCUT2D eigenvalue weighted by Crippen LogP contribution is 2.30. The van der Waals surface area contributed by atoms with Gasteiger partial charge in [0.05, 0.1) is 6.61 Å². The number of carbonyl (C=O) groups is 2. The van der Waals surface area contributed by atoms with Crippen molar-refractivity contribution in [1.82, 2.24) is 14.9 Å². The number of esters is 1. The Morgan fingerprint density at radius 1 is 1.38 bits per heavy atom. The van der Waals surface area contributed by atoms with Crippen molar-refractivity contribution in [2.24, 2.45) is 5.92 Å². The Hall–Kier alpha value is -2.66. The van der Waals surface area contributed by atoms with Crippen LogP contribution in [-0.4, -0.2) is 57.2 Å². The van der Waals surface area contributed by atoms with Crippen LogP contribution in [0.4, 0.5) is 4.79 Å². The average Bonchev–Trinajstić information content (AvgIpc) is 3.09. The minimum atomic E-state index is -0.966. The van der Waals surface area contributed by atoms with Gasteiger partial charge >= 0.3 is 17.8 Å². The van der Waals surface area contributed by atoms with Crippen molar-refractivity contribution >= 4 is 12.1 Å². The summed E-state index contributed by atoms with van der Waals surface area (Å²) >= 11 is 0. The number of ether oxygens (including phenoxy) is 3. The molecule has 1 aromatic heterocycles.